The molecule has 5 heteroatoms. The molecule has 0 saturated heterocycles. The Bertz CT molecular complexity index is 769. The second-order valence-corrected chi connectivity index (χ2v) is 15.8. The van der Waals surface area contributed by atoms with Crippen molar-refractivity contribution in [3.63, 3.8) is 0 Å². The van der Waals surface area contributed by atoms with E-state index in [0.29, 0.717) is 47.0 Å². The molecule has 0 aromatic carbocycles. The van der Waals surface area contributed by atoms with E-state index < -0.39 is 17.3 Å². The van der Waals surface area contributed by atoms with E-state index in [1.807, 2.05) is 0 Å². The largest absolute Gasteiger partial charge is 1.00 e. The molecule has 4 aliphatic rings. The molecule has 0 unspecified atom stereocenters. The number of likely N-dealkylation sites (N-methyl/N-ethyl adjacent to an activating group) is 1. The Labute approximate surface area is 233 Å². The molecule has 4 aliphatic carbocycles. The molecule has 3 N–H and O–H groups in total. The van der Waals surface area contributed by atoms with Gasteiger partial charge in [-0.15, -0.1) is 0 Å². The van der Waals surface area contributed by atoms with Crippen molar-refractivity contribution in [1.29, 1.82) is 0 Å². The number of rotatable bonds is 7. The highest BCUT2D eigenvalue weighted by atomic mass is 79.9. The van der Waals surface area contributed by atoms with Crippen molar-refractivity contribution in [3.8, 4) is 0 Å². The molecule has 4 saturated carbocycles. The number of hydrogen-bond donors (Lipinski definition) is 3. The van der Waals surface area contributed by atoms with Gasteiger partial charge in [0.2, 0.25) is 0 Å². The molecule has 0 bridgehead atoms. The third kappa shape index (κ3) is 5.00. The third-order valence-electron chi connectivity index (χ3n) is 12.0. The monoisotopic (exact) mass is 571 g/mol. The first-order valence-corrected chi connectivity index (χ1v) is 15.0. The van der Waals surface area contributed by atoms with E-state index in [-0.39, 0.29) is 22.4 Å². The SMILES string of the molecule is CC(C)CCC[C@@H](C)[C@H]1CC[C@H]2[C@@H]3C[C@](O)(C[N+](C)(C)C)[C@@]4(O)C[C@@H](O)CC[C@]4(C)[C@H]3CC[C@]12C.[Br-]. The van der Waals surface area contributed by atoms with Gasteiger partial charge in [0, 0.05) is 11.8 Å². The summed E-state index contributed by atoms with van der Waals surface area (Å²) in [6.07, 6.45) is 11.2. The highest BCUT2D eigenvalue weighted by Crippen LogP contribution is 2.71. The molecule has 0 spiro atoms. The van der Waals surface area contributed by atoms with Gasteiger partial charge in [-0.1, -0.05) is 53.9 Å². The molecule has 10 atom stereocenters. The van der Waals surface area contributed by atoms with Gasteiger partial charge < -0.3 is 36.8 Å². The molecule has 0 aromatic heterocycles. The fourth-order valence-corrected chi connectivity index (χ4v) is 10.5. The Kier molecular flexibility index (Phi) is 8.89. The summed E-state index contributed by atoms with van der Waals surface area (Å²) in [5, 5.41) is 35.5. The molecule has 36 heavy (non-hydrogen) atoms. The average Bonchev–Trinajstić information content (AvgIpc) is 3.06. The number of fused-ring (bicyclic) bond motifs is 5. The minimum Gasteiger partial charge on any atom is -1.00 e. The van der Waals surface area contributed by atoms with Crippen molar-refractivity contribution >= 4 is 0 Å². The first-order valence-electron chi connectivity index (χ1n) is 15.0. The summed E-state index contributed by atoms with van der Waals surface area (Å²) in [7, 11) is 6.37. The second kappa shape index (κ2) is 10.4. The predicted octanol–water partition coefficient (Wildman–Crippen LogP) is 2.63. The number of quaternary nitrogens is 1. The van der Waals surface area contributed by atoms with E-state index in [1.54, 1.807) is 0 Å². The molecular weight excluding hydrogens is 514 g/mol. The standard InChI is InChI=1S/C31H58NO3.BrH/c1-21(2)10-9-11-22(3)25-12-13-26-24-19-30(34,20-32(6,7)8)31(35)18-23(33)14-17-29(31,5)27(24)15-16-28(25,26)4;/h21-27,33-35H,9-20H2,1-8H3;1H/q+1;/p-1/t22-,23+,24+,25-,26+,27+,28-,29-,30+,31-;/m1./s1. The molecule has 4 fully saturated rings. The maximum absolute atomic E-state index is 12.5. The lowest BCUT2D eigenvalue weighted by molar-refractivity contribution is -0.879. The van der Waals surface area contributed by atoms with Crippen molar-refractivity contribution in [2.45, 2.75) is 123 Å². The first kappa shape index (κ1) is 30.9. The summed E-state index contributed by atoms with van der Waals surface area (Å²) in [6, 6.07) is 0. The Morgan fingerprint density at radius 1 is 0.861 bits per heavy atom. The summed E-state index contributed by atoms with van der Waals surface area (Å²) < 4.78 is 0.625. The van der Waals surface area contributed by atoms with Crippen molar-refractivity contribution in [3.05, 3.63) is 0 Å². The minimum absolute atomic E-state index is 0. The normalized spacial score (nSPS) is 47.5. The van der Waals surface area contributed by atoms with Gasteiger partial charge in [-0.05, 0) is 85.9 Å². The van der Waals surface area contributed by atoms with Gasteiger partial charge in [0.25, 0.3) is 0 Å². The number of halogens is 1. The van der Waals surface area contributed by atoms with Crippen LogP contribution in [0.15, 0.2) is 0 Å². The molecule has 212 valence electrons. The lowest BCUT2D eigenvalue weighted by Crippen LogP contribution is -3.00. The molecule has 0 radical (unpaired) electrons. The summed E-state index contributed by atoms with van der Waals surface area (Å²) in [6.45, 7) is 12.6. The quantitative estimate of drug-likeness (QED) is 0.412. The van der Waals surface area contributed by atoms with Gasteiger partial charge in [-0.25, -0.2) is 0 Å². The third-order valence-corrected chi connectivity index (χ3v) is 12.0. The Balaban J connectivity index is 0.00000361. The van der Waals surface area contributed by atoms with Crippen molar-refractivity contribution < 1.29 is 36.8 Å². The predicted molar refractivity (Wildman–Crippen MR) is 144 cm³/mol. The topological polar surface area (TPSA) is 60.7 Å². The van der Waals surface area contributed by atoms with Crippen LogP contribution in [0.5, 0.6) is 0 Å². The van der Waals surface area contributed by atoms with E-state index in [4.69, 9.17) is 0 Å². The molecule has 0 amide bonds. The maximum Gasteiger partial charge on any atom is 0.143 e. The summed E-state index contributed by atoms with van der Waals surface area (Å²) >= 11 is 0. The average molecular weight is 573 g/mol. The highest BCUT2D eigenvalue weighted by molar-refractivity contribution is 5.22. The fourth-order valence-electron chi connectivity index (χ4n) is 10.5. The lowest BCUT2D eigenvalue weighted by atomic mass is 9.39. The van der Waals surface area contributed by atoms with Crippen LogP contribution in [0.3, 0.4) is 0 Å². The minimum atomic E-state index is -1.22. The number of nitrogens with zero attached hydrogens (tertiary/aromatic N) is 1. The molecule has 4 rings (SSSR count). The zero-order valence-corrected chi connectivity index (χ0v) is 26.3. The van der Waals surface area contributed by atoms with E-state index >= 15 is 0 Å². The van der Waals surface area contributed by atoms with Gasteiger partial charge in [0.1, 0.15) is 17.7 Å². The second-order valence-electron chi connectivity index (χ2n) is 15.8. The van der Waals surface area contributed by atoms with Crippen LogP contribution >= 0.6 is 0 Å². The molecular formula is C31H58BrNO3. The Morgan fingerprint density at radius 2 is 1.53 bits per heavy atom. The van der Waals surface area contributed by atoms with Crippen LogP contribution < -0.4 is 17.0 Å². The van der Waals surface area contributed by atoms with E-state index in [2.05, 4.69) is 55.8 Å². The van der Waals surface area contributed by atoms with E-state index in [1.165, 1.54) is 44.9 Å². The van der Waals surface area contributed by atoms with E-state index in [9.17, 15) is 15.3 Å². The fraction of sp³-hybridized carbons (Fsp3) is 1.00. The van der Waals surface area contributed by atoms with Gasteiger partial charge >= 0.3 is 0 Å². The molecule has 4 nitrogen and oxygen atoms in total. The summed E-state index contributed by atoms with van der Waals surface area (Å²) in [5.74, 6) is 3.91. The summed E-state index contributed by atoms with van der Waals surface area (Å²) in [4.78, 5) is 0. The summed E-state index contributed by atoms with van der Waals surface area (Å²) in [5.41, 5.74) is -2.36. The zero-order chi connectivity index (χ0) is 26.0. The van der Waals surface area contributed by atoms with Gasteiger partial charge in [-0.2, -0.15) is 0 Å². The number of aliphatic hydroxyl groups excluding tert-OH is 1. The van der Waals surface area contributed by atoms with Crippen LogP contribution in [0.1, 0.15) is 105 Å². The highest BCUT2D eigenvalue weighted by Gasteiger charge is 2.73. The van der Waals surface area contributed by atoms with Crippen LogP contribution in [0.4, 0.5) is 0 Å². The van der Waals surface area contributed by atoms with Crippen molar-refractivity contribution in [2.75, 3.05) is 27.7 Å². The van der Waals surface area contributed by atoms with Crippen LogP contribution in [-0.2, 0) is 0 Å². The van der Waals surface area contributed by atoms with Crippen LogP contribution in [0.25, 0.3) is 0 Å². The Hall–Kier alpha value is 0.320. The van der Waals surface area contributed by atoms with Gasteiger partial charge in [-0.3, -0.25) is 0 Å². The smallest absolute Gasteiger partial charge is 0.143 e. The van der Waals surface area contributed by atoms with Gasteiger partial charge in [0.15, 0.2) is 0 Å². The number of hydrogen-bond acceptors (Lipinski definition) is 3. The van der Waals surface area contributed by atoms with Crippen molar-refractivity contribution in [1.82, 2.24) is 0 Å². The molecule has 0 aliphatic heterocycles. The Morgan fingerprint density at radius 3 is 2.14 bits per heavy atom. The van der Waals surface area contributed by atoms with Crippen LogP contribution in [0, 0.1) is 46.3 Å². The molecule has 0 aromatic rings. The van der Waals surface area contributed by atoms with Gasteiger partial charge in [0.05, 0.1) is 27.2 Å². The zero-order valence-electron chi connectivity index (χ0n) is 24.7. The van der Waals surface area contributed by atoms with E-state index in [0.717, 1.165) is 30.6 Å². The lowest BCUT2D eigenvalue weighted by Gasteiger charge is -2.68. The number of aliphatic hydroxyl groups is 3. The molecule has 0 heterocycles. The van der Waals surface area contributed by atoms with Crippen molar-refractivity contribution in [2.24, 2.45) is 46.3 Å². The van der Waals surface area contributed by atoms with Crippen LogP contribution in [-0.4, -0.2) is 64.8 Å². The maximum atomic E-state index is 12.5. The van der Waals surface area contributed by atoms with Crippen LogP contribution in [0.2, 0.25) is 0 Å². The first-order chi connectivity index (χ1) is 16.1.